The van der Waals surface area contributed by atoms with E-state index in [4.69, 9.17) is 44.6 Å². The van der Waals surface area contributed by atoms with Gasteiger partial charge in [-0.05, 0) is 0 Å². The third-order valence-electron chi connectivity index (χ3n) is 1.10. The van der Waals surface area contributed by atoms with E-state index in [0.717, 1.165) is 0 Å². The molecule has 0 amide bonds. The number of halogens is 3. The summed E-state index contributed by atoms with van der Waals surface area (Å²) >= 11 is 16.4. The smallest absolute Gasteiger partial charge is 0.0945 e. The highest BCUT2D eigenvalue weighted by atomic mass is 35.5. The summed E-state index contributed by atoms with van der Waals surface area (Å²) in [5.74, 6) is 0.883. The highest BCUT2D eigenvalue weighted by Crippen LogP contribution is 2.04. The van der Waals surface area contributed by atoms with Crippen molar-refractivity contribution in [2.75, 3.05) is 24.2 Å². The first kappa shape index (κ1) is 11.8. The predicted molar refractivity (Wildman–Crippen MR) is 47.9 cm³/mol. The van der Waals surface area contributed by atoms with Gasteiger partial charge in [0.2, 0.25) is 0 Å². The third-order valence-corrected chi connectivity index (χ3v) is 2.14. The van der Waals surface area contributed by atoms with Gasteiger partial charge in [-0.3, -0.25) is 0 Å². The van der Waals surface area contributed by atoms with Crippen LogP contribution in [0.15, 0.2) is 0 Å². The highest BCUT2D eigenvalue weighted by molar-refractivity contribution is 6.21. The molecule has 2 nitrogen and oxygen atoms in total. The van der Waals surface area contributed by atoms with Crippen molar-refractivity contribution in [3.05, 3.63) is 0 Å². The van der Waals surface area contributed by atoms with Crippen LogP contribution in [-0.2, 0) is 4.74 Å². The summed E-state index contributed by atoms with van der Waals surface area (Å²) < 4.78 is 5.20. The molecule has 0 saturated heterocycles. The van der Waals surface area contributed by atoms with Gasteiger partial charge in [0, 0.05) is 11.8 Å². The van der Waals surface area contributed by atoms with Gasteiger partial charge in [-0.15, -0.1) is 34.8 Å². The maximum absolute atomic E-state index is 8.67. The van der Waals surface area contributed by atoms with Gasteiger partial charge < -0.3 is 9.84 Å². The van der Waals surface area contributed by atoms with Crippen molar-refractivity contribution in [2.45, 2.75) is 12.2 Å². The summed E-state index contributed by atoms with van der Waals surface area (Å²) in [5, 5.41) is 8.67. The van der Waals surface area contributed by atoms with Crippen molar-refractivity contribution >= 4 is 34.8 Å². The van der Waals surface area contributed by atoms with E-state index < -0.39 is 0 Å². The quantitative estimate of drug-likeness (QED) is 0.688. The molecule has 0 saturated carbocycles. The Morgan fingerprint density at radius 3 is 1.73 bits per heavy atom. The van der Waals surface area contributed by atoms with Gasteiger partial charge in [0.1, 0.15) is 0 Å². The Morgan fingerprint density at radius 2 is 1.45 bits per heavy atom. The van der Waals surface area contributed by atoms with E-state index in [0.29, 0.717) is 11.8 Å². The van der Waals surface area contributed by atoms with E-state index in [1.165, 1.54) is 0 Å². The van der Waals surface area contributed by atoms with Crippen molar-refractivity contribution in [1.29, 1.82) is 0 Å². The Hall–Kier alpha value is 0.790. The van der Waals surface area contributed by atoms with Crippen LogP contribution in [0.1, 0.15) is 0 Å². The molecule has 0 aliphatic rings. The number of rotatable bonds is 6. The number of aliphatic hydroxyl groups excluding tert-OH is 1. The number of hydrogen-bond acceptors (Lipinski definition) is 2. The minimum Gasteiger partial charge on any atom is -0.394 e. The summed E-state index contributed by atoms with van der Waals surface area (Å²) in [7, 11) is 0. The van der Waals surface area contributed by atoms with Gasteiger partial charge in [-0.2, -0.15) is 0 Å². The molecule has 1 N–H and O–H groups in total. The number of alkyl halides is 3. The molecule has 0 spiro atoms. The normalized spacial score (nSPS) is 13.9. The monoisotopic (exact) mass is 220 g/mol. The van der Waals surface area contributed by atoms with Crippen molar-refractivity contribution in [1.82, 2.24) is 0 Å². The average Bonchev–Trinajstić information content (AvgIpc) is 2.07. The van der Waals surface area contributed by atoms with E-state index in [1.54, 1.807) is 0 Å². The van der Waals surface area contributed by atoms with Crippen LogP contribution in [0, 0.1) is 0 Å². The first-order valence-electron chi connectivity index (χ1n) is 3.22. The minimum absolute atomic E-state index is 0.103. The van der Waals surface area contributed by atoms with Crippen LogP contribution in [0.3, 0.4) is 0 Å². The molecule has 11 heavy (non-hydrogen) atoms. The number of hydrogen-bond donors (Lipinski definition) is 1. The Balaban J connectivity index is 3.58. The lowest BCUT2D eigenvalue weighted by molar-refractivity contribution is -0.00704. The molecule has 1 atom stereocenters. The van der Waals surface area contributed by atoms with Crippen LogP contribution in [0.2, 0.25) is 0 Å². The summed E-state index contributed by atoms with van der Waals surface area (Å²) in [4.78, 5) is 0. The highest BCUT2D eigenvalue weighted by Gasteiger charge is 2.13. The fourth-order valence-corrected chi connectivity index (χ4v) is 1.16. The van der Waals surface area contributed by atoms with E-state index in [9.17, 15) is 0 Å². The molecule has 1 unspecified atom stereocenters. The number of ether oxygens (including phenoxy) is 1. The second-order valence-electron chi connectivity index (χ2n) is 2.03. The van der Waals surface area contributed by atoms with Gasteiger partial charge in [0.25, 0.3) is 0 Å². The zero-order chi connectivity index (χ0) is 8.69. The first-order chi connectivity index (χ1) is 5.28. The zero-order valence-corrected chi connectivity index (χ0v) is 8.24. The zero-order valence-electron chi connectivity index (χ0n) is 5.97. The van der Waals surface area contributed by atoms with Crippen LogP contribution in [-0.4, -0.2) is 41.6 Å². The summed E-state index contributed by atoms with van der Waals surface area (Å²) in [6, 6.07) is 0. The number of aliphatic hydroxyl groups is 1. The van der Waals surface area contributed by atoms with E-state index in [-0.39, 0.29) is 24.7 Å². The van der Waals surface area contributed by atoms with Gasteiger partial charge >= 0.3 is 0 Å². The lowest BCUT2D eigenvalue weighted by Gasteiger charge is -2.17. The lowest BCUT2D eigenvalue weighted by atomic mass is 10.4. The Morgan fingerprint density at radius 1 is 1.00 bits per heavy atom. The fourth-order valence-electron chi connectivity index (χ4n) is 0.514. The fraction of sp³-hybridized carbons (Fsp3) is 1.00. The molecular weight excluding hydrogens is 210 g/mol. The summed E-state index contributed by atoms with van der Waals surface area (Å²) in [6.45, 7) is -0.103. The van der Waals surface area contributed by atoms with Crippen molar-refractivity contribution in [2.24, 2.45) is 0 Å². The minimum atomic E-state index is -0.362. The molecule has 0 aromatic rings. The molecule has 0 radical (unpaired) electrons. The van der Waals surface area contributed by atoms with Gasteiger partial charge in [-0.25, -0.2) is 0 Å². The molecule has 0 aromatic heterocycles. The second-order valence-corrected chi connectivity index (χ2v) is 2.95. The van der Waals surface area contributed by atoms with Crippen LogP contribution < -0.4 is 0 Å². The SMILES string of the molecule is OCC(CCl)OC(CCl)CCl. The molecule has 0 bridgehead atoms. The molecule has 68 valence electrons. The standard InChI is InChI=1S/C6H11Cl3O2/c7-1-5(2-8)11-6(3-9)4-10/h5-6,10H,1-4H2. The van der Waals surface area contributed by atoms with E-state index >= 15 is 0 Å². The first-order valence-corrected chi connectivity index (χ1v) is 4.83. The Labute approximate surface area is 81.4 Å². The van der Waals surface area contributed by atoms with Gasteiger partial charge in [0.05, 0.1) is 24.7 Å². The lowest BCUT2D eigenvalue weighted by Crippen LogP contribution is -2.28. The van der Waals surface area contributed by atoms with Crippen molar-refractivity contribution in [3.8, 4) is 0 Å². The second kappa shape index (κ2) is 7.44. The Bertz CT molecular complexity index is 73.9. The Kier molecular flexibility index (Phi) is 7.97. The topological polar surface area (TPSA) is 29.5 Å². The largest absolute Gasteiger partial charge is 0.394 e. The van der Waals surface area contributed by atoms with Crippen molar-refractivity contribution < 1.29 is 9.84 Å². The van der Waals surface area contributed by atoms with Crippen LogP contribution in [0.25, 0.3) is 0 Å². The molecule has 0 aliphatic carbocycles. The average molecular weight is 222 g/mol. The third kappa shape index (κ3) is 5.10. The van der Waals surface area contributed by atoms with Crippen LogP contribution >= 0.6 is 34.8 Å². The predicted octanol–water partition coefficient (Wildman–Crippen LogP) is 1.45. The molecule has 0 aliphatic heterocycles. The molecule has 0 fully saturated rings. The van der Waals surface area contributed by atoms with Crippen LogP contribution in [0.5, 0.6) is 0 Å². The van der Waals surface area contributed by atoms with Crippen LogP contribution in [0.4, 0.5) is 0 Å². The maximum atomic E-state index is 8.67. The van der Waals surface area contributed by atoms with E-state index in [1.807, 2.05) is 0 Å². The molecule has 0 aromatic carbocycles. The molecule has 0 rings (SSSR count). The maximum Gasteiger partial charge on any atom is 0.0945 e. The van der Waals surface area contributed by atoms with Crippen molar-refractivity contribution in [3.63, 3.8) is 0 Å². The van der Waals surface area contributed by atoms with Gasteiger partial charge in [0.15, 0.2) is 0 Å². The molecule has 0 heterocycles. The molecule has 5 heteroatoms. The summed E-state index contributed by atoms with van der Waals surface area (Å²) in [5.41, 5.74) is 0. The van der Waals surface area contributed by atoms with E-state index in [2.05, 4.69) is 0 Å². The van der Waals surface area contributed by atoms with Gasteiger partial charge in [-0.1, -0.05) is 0 Å². The summed E-state index contributed by atoms with van der Waals surface area (Å²) in [6.07, 6.45) is -0.589. The molecular formula is C6H11Cl3O2.